The third-order valence-electron chi connectivity index (χ3n) is 1.83. The summed E-state index contributed by atoms with van der Waals surface area (Å²) in [4.78, 5) is 0. The highest BCUT2D eigenvalue weighted by molar-refractivity contribution is 7.80. The van der Waals surface area contributed by atoms with E-state index in [0.717, 1.165) is 6.42 Å². The Balaban J connectivity index is 2.36. The first-order chi connectivity index (χ1) is 5.68. The monoisotopic (exact) mass is 184 g/mol. The van der Waals surface area contributed by atoms with E-state index in [9.17, 15) is 0 Å². The highest BCUT2D eigenvalue weighted by Gasteiger charge is 2.04. The molecule has 0 spiro atoms. The van der Waals surface area contributed by atoms with E-state index >= 15 is 0 Å². The van der Waals surface area contributed by atoms with E-state index in [-0.39, 0.29) is 5.44 Å². The molecule has 0 heterocycles. The fraction of sp³-hybridized carbons (Fsp3) is 0.600. The Morgan fingerprint density at radius 3 is 3.08 bits per heavy atom. The molecule has 0 radical (unpaired) electrons. The maximum absolute atomic E-state index is 5.37. The molecule has 0 aliphatic heterocycles. The van der Waals surface area contributed by atoms with Crippen LogP contribution in [0.4, 0.5) is 0 Å². The molecule has 0 bridgehead atoms. The molecule has 0 saturated carbocycles. The average molecular weight is 184 g/mol. The van der Waals surface area contributed by atoms with Crippen LogP contribution in [-0.4, -0.2) is 12.0 Å². The van der Waals surface area contributed by atoms with Crippen LogP contribution >= 0.6 is 12.6 Å². The molecule has 12 heavy (non-hydrogen) atoms. The minimum absolute atomic E-state index is 0.0246. The third-order valence-corrected chi connectivity index (χ3v) is 1.98. The van der Waals surface area contributed by atoms with Crippen LogP contribution in [0.3, 0.4) is 0 Å². The van der Waals surface area contributed by atoms with Gasteiger partial charge in [-0.1, -0.05) is 25.2 Å². The normalized spacial score (nSPS) is 25.2. The van der Waals surface area contributed by atoms with Gasteiger partial charge in [-0.2, -0.15) is 0 Å². The van der Waals surface area contributed by atoms with Crippen molar-refractivity contribution in [3.8, 4) is 0 Å². The molecule has 68 valence electrons. The number of allylic oxidation sites excluding steroid dienone is 2. The summed E-state index contributed by atoms with van der Waals surface area (Å²) >= 11 is 4.15. The lowest BCUT2D eigenvalue weighted by molar-refractivity contribution is 0.148. The van der Waals surface area contributed by atoms with Crippen molar-refractivity contribution in [2.75, 3.05) is 6.61 Å². The van der Waals surface area contributed by atoms with Crippen LogP contribution < -0.4 is 0 Å². The number of hydrogen-bond donors (Lipinski definition) is 1. The van der Waals surface area contributed by atoms with Crippen molar-refractivity contribution in [1.29, 1.82) is 0 Å². The summed E-state index contributed by atoms with van der Waals surface area (Å²) in [5.41, 5.74) is 1.30. The molecule has 2 heteroatoms. The molecule has 1 aliphatic carbocycles. The van der Waals surface area contributed by atoms with E-state index in [2.05, 4.69) is 37.8 Å². The Kier molecular flexibility index (Phi) is 3.89. The van der Waals surface area contributed by atoms with Gasteiger partial charge >= 0.3 is 0 Å². The number of rotatable bonds is 3. The second-order valence-corrected chi connectivity index (χ2v) is 3.99. The molecule has 1 aliphatic rings. The van der Waals surface area contributed by atoms with E-state index < -0.39 is 0 Å². The average Bonchev–Trinajstić information content (AvgIpc) is 2.01. The van der Waals surface area contributed by atoms with Crippen LogP contribution in [-0.2, 0) is 4.74 Å². The number of thiol groups is 1. The summed E-state index contributed by atoms with van der Waals surface area (Å²) in [6, 6.07) is 0. The van der Waals surface area contributed by atoms with Crippen molar-refractivity contribution in [2.45, 2.75) is 25.7 Å². The second-order valence-electron chi connectivity index (χ2n) is 3.27. The second kappa shape index (κ2) is 4.73. The van der Waals surface area contributed by atoms with Crippen LogP contribution in [0.1, 0.15) is 20.3 Å². The van der Waals surface area contributed by atoms with Gasteiger partial charge in [0, 0.05) is 0 Å². The standard InChI is InChI=1S/C10H16OS/c1-8-4-3-5-10(6-8)7-11-9(2)12/h3,5-6,8-9,12H,4,7H2,1-2H3. The summed E-state index contributed by atoms with van der Waals surface area (Å²) in [5, 5.41) is 0. The van der Waals surface area contributed by atoms with E-state index in [1.807, 2.05) is 6.92 Å². The topological polar surface area (TPSA) is 9.23 Å². The van der Waals surface area contributed by atoms with Gasteiger partial charge in [-0.3, -0.25) is 0 Å². The highest BCUT2D eigenvalue weighted by Crippen LogP contribution is 2.16. The Hall–Kier alpha value is -0.210. The first-order valence-corrected chi connectivity index (χ1v) is 4.87. The quantitative estimate of drug-likeness (QED) is 0.524. The van der Waals surface area contributed by atoms with Crippen LogP contribution in [0.2, 0.25) is 0 Å². The Bertz CT molecular complexity index is 194. The van der Waals surface area contributed by atoms with Crippen LogP contribution in [0.15, 0.2) is 23.8 Å². The van der Waals surface area contributed by atoms with Crippen LogP contribution in [0.5, 0.6) is 0 Å². The zero-order valence-electron chi connectivity index (χ0n) is 7.66. The SMILES string of the molecule is CC1C=C(COC(C)S)C=CC1. The summed E-state index contributed by atoms with van der Waals surface area (Å²) in [7, 11) is 0. The zero-order chi connectivity index (χ0) is 8.97. The lowest BCUT2D eigenvalue weighted by Crippen LogP contribution is -2.05. The van der Waals surface area contributed by atoms with Crippen molar-refractivity contribution in [3.63, 3.8) is 0 Å². The maximum Gasteiger partial charge on any atom is 0.0975 e. The lowest BCUT2D eigenvalue weighted by atomic mass is 9.99. The van der Waals surface area contributed by atoms with Crippen LogP contribution in [0, 0.1) is 5.92 Å². The van der Waals surface area contributed by atoms with Gasteiger partial charge in [-0.05, 0) is 24.8 Å². The molecule has 0 fully saturated rings. The van der Waals surface area contributed by atoms with Crippen molar-refractivity contribution < 1.29 is 4.74 Å². The fourth-order valence-corrected chi connectivity index (χ4v) is 1.31. The van der Waals surface area contributed by atoms with Gasteiger partial charge in [0.2, 0.25) is 0 Å². The molecule has 0 aromatic rings. The van der Waals surface area contributed by atoms with Crippen molar-refractivity contribution >= 4 is 12.6 Å². The van der Waals surface area contributed by atoms with E-state index in [0.29, 0.717) is 12.5 Å². The Labute approximate surface area is 79.9 Å². The molecule has 2 unspecified atom stereocenters. The zero-order valence-corrected chi connectivity index (χ0v) is 8.55. The van der Waals surface area contributed by atoms with Gasteiger partial charge in [0.15, 0.2) is 0 Å². The predicted molar refractivity (Wildman–Crippen MR) is 55.4 cm³/mol. The van der Waals surface area contributed by atoms with Crippen LogP contribution in [0.25, 0.3) is 0 Å². The highest BCUT2D eigenvalue weighted by atomic mass is 32.1. The van der Waals surface area contributed by atoms with Crippen molar-refractivity contribution in [2.24, 2.45) is 5.92 Å². The smallest absolute Gasteiger partial charge is 0.0975 e. The first-order valence-electron chi connectivity index (χ1n) is 4.35. The Morgan fingerprint density at radius 2 is 2.50 bits per heavy atom. The molecule has 2 atom stereocenters. The summed E-state index contributed by atoms with van der Waals surface area (Å²) < 4.78 is 5.37. The molecule has 1 nitrogen and oxygen atoms in total. The van der Waals surface area contributed by atoms with Gasteiger partial charge in [-0.25, -0.2) is 0 Å². The first kappa shape index (κ1) is 9.87. The fourth-order valence-electron chi connectivity index (χ4n) is 1.24. The minimum Gasteiger partial charge on any atom is -0.363 e. The van der Waals surface area contributed by atoms with E-state index in [1.54, 1.807) is 0 Å². The molecule has 0 saturated heterocycles. The maximum atomic E-state index is 5.37. The minimum atomic E-state index is 0.0246. The summed E-state index contributed by atoms with van der Waals surface area (Å²) in [5.74, 6) is 0.656. The molecule has 0 aromatic heterocycles. The predicted octanol–water partition coefficient (Wildman–Crippen LogP) is 2.80. The van der Waals surface area contributed by atoms with Gasteiger partial charge in [-0.15, -0.1) is 12.6 Å². The number of hydrogen-bond acceptors (Lipinski definition) is 2. The summed E-state index contributed by atoms with van der Waals surface area (Å²) in [6.07, 6.45) is 7.75. The number of ether oxygens (including phenoxy) is 1. The molecular formula is C10H16OS. The largest absolute Gasteiger partial charge is 0.363 e. The summed E-state index contributed by atoms with van der Waals surface area (Å²) in [6.45, 7) is 4.83. The molecule has 0 aromatic carbocycles. The van der Waals surface area contributed by atoms with Gasteiger partial charge < -0.3 is 4.74 Å². The lowest BCUT2D eigenvalue weighted by Gasteiger charge is -2.13. The Morgan fingerprint density at radius 1 is 1.75 bits per heavy atom. The van der Waals surface area contributed by atoms with E-state index in [4.69, 9.17) is 4.74 Å². The third kappa shape index (κ3) is 3.46. The molecular weight excluding hydrogens is 168 g/mol. The van der Waals surface area contributed by atoms with E-state index in [1.165, 1.54) is 5.57 Å². The molecule has 0 N–H and O–H groups in total. The molecule has 1 rings (SSSR count). The molecule has 0 amide bonds. The van der Waals surface area contributed by atoms with Crippen molar-refractivity contribution in [1.82, 2.24) is 0 Å². The van der Waals surface area contributed by atoms with Gasteiger partial charge in [0.25, 0.3) is 0 Å². The van der Waals surface area contributed by atoms with Crippen molar-refractivity contribution in [3.05, 3.63) is 23.8 Å². The van der Waals surface area contributed by atoms with Gasteiger partial charge in [0.05, 0.1) is 12.0 Å². The van der Waals surface area contributed by atoms with Gasteiger partial charge in [0.1, 0.15) is 0 Å².